The molecule has 0 aromatic rings. The molecule has 10 heavy (non-hydrogen) atoms. The zero-order valence-corrected chi connectivity index (χ0v) is 7.10. The van der Waals surface area contributed by atoms with Gasteiger partial charge in [0.25, 0.3) is 0 Å². The van der Waals surface area contributed by atoms with Crippen molar-refractivity contribution in [2.45, 2.75) is 13.3 Å². The van der Waals surface area contributed by atoms with Gasteiger partial charge in [-0.05, 0) is 12.5 Å². The highest BCUT2D eigenvalue weighted by atomic mass is 35.5. The fourth-order valence-electron chi connectivity index (χ4n) is 0.462. The summed E-state index contributed by atoms with van der Waals surface area (Å²) in [4.78, 5) is 3.76. The first-order valence-electron chi connectivity index (χ1n) is 3.25. The van der Waals surface area contributed by atoms with Crippen LogP contribution in [0.1, 0.15) is 13.3 Å². The molecular formula is C8H12ClN. The fraction of sp³-hybridized carbons (Fsp3) is 0.375. The third-order valence-electron chi connectivity index (χ3n) is 0.880. The van der Waals surface area contributed by atoms with E-state index < -0.39 is 0 Å². The van der Waals surface area contributed by atoms with Crippen LogP contribution in [-0.4, -0.2) is 13.3 Å². The van der Waals surface area contributed by atoms with E-state index >= 15 is 0 Å². The zero-order valence-electron chi connectivity index (χ0n) is 6.34. The van der Waals surface area contributed by atoms with Crippen LogP contribution in [0.15, 0.2) is 28.3 Å². The SMILES string of the molecule is CC/C=C/C=C(/Cl)C=NC. The van der Waals surface area contributed by atoms with Gasteiger partial charge in [0, 0.05) is 13.3 Å². The van der Waals surface area contributed by atoms with Crippen molar-refractivity contribution in [3.63, 3.8) is 0 Å². The van der Waals surface area contributed by atoms with Crippen LogP contribution in [0.2, 0.25) is 0 Å². The number of rotatable bonds is 3. The lowest BCUT2D eigenvalue weighted by molar-refractivity contribution is 1.22. The van der Waals surface area contributed by atoms with E-state index in [1.807, 2.05) is 18.2 Å². The van der Waals surface area contributed by atoms with Crippen LogP contribution in [0.4, 0.5) is 0 Å². The summed E-state index contributed by atoms with van der Waals surface area (Å²) in [6.07, 6.45) is 8.42. The monoisotopic (exact) mass is 157 g/mol. The molecule has 0 amide bonds. The van der Waals surface area contributed by atoms with Crippen LogP contribution in [0.3, 0.4) is 0 Å². The number of hydrogen-bond acceptors (Lipinski definition) is 1. The Bertz CT molecular complexity index is 157. The predicted octanol–water partition coefficient (Wildman–Crippen LogP) is 2.78. The van der Waals surface area contributed by atoms with Gasteiger partial charge in [-0.1, -0.05) is 30.7 Å². The number of halogens is 1. The van der Waals surface area contributed by atoms with Gasteiger partial charge in [0.2, 0.25) is 0 Å². The number of aliphatic imine (C=N–C) groups is 1. The van der Waals surface area contributed by atoms with Crippen molar-refractivity contribution >= 4 is 17.8 Å². The maximum atomic E-state index is 5.68. The molecule has 1 nitrogen and oxygen atoms in total. The maximum Gasteiger partial charge on any atom is 0.0584 e. The Morgan fingerprint density at radius 2 is 2.30 bits per heavy atom. The average Bonchev–Trinajstić information content (AvgIpc) is 1.89. The number of nitrogens with zero attached hydrogens (tertiary/aromatic N) is 1. The molecule has 2 heteroatoms. The number of allylic oxidation sites excluding steroid dienone is 4. The van der Waals surface area contributed by atoms with Crippen LogP contribution < -0.4 is 0 Å². The summed E-state index contributed by atoms with van der Waals surface area (Å²) >= 11 is 5.68. The first-order chi connectivity index (χ1) is 4.81. The van der Waals surface area contributed by atoms with Crippen molar-refractivity contribution in [1.29, 1.82) is 0 Å². The second-order valence-electron chi connectivity index (χ2n) is 1.78. The Morgan fingerprint density at radius 3 is 2.80 bits per heavy atom. The van der Waals surface area contributed by atoms with Crippen LogP contribution in [0.5, 0.6) is 0 Å². The van der Waals surface area contributed by atoms with Gasteiger partial charge >= 0.3 is 0 Å². The van der Waals surface area contributed by atoms with Crippen LogP contribution in [-0.2, 0) is 0 Å². The second-order valence-corrected chi connectivity index (χ2v) is 2.21. The largest absolute Gasteiger partial charge is 0.295 e. The summed E-state index contributed by atoms with van der Waals surface area (Å²) in [6.45, 7) is 2.08. The van der Waals surface area contributed by atoms with E-state index in [2.05, 4.69) is 11.9 Å². The molecule has 0 aliphatic carbocycles. The Kier molecular flexibility index (Phi) is 6.19. The van der Waals surface area contributed by atoms with E-state index in [1.165, 1.54) is 0 Å². The molecule has 56 valence electrons. The Balaban J connectivity index is 3.79. The molecular weight excluding hydrogens is 146 g/mol. The summed E-state index contributed by atoms with van der Waals surface area (Å²) < 4.78 is 0. The van der Waals surface area contributed by atoms with E-state index in [4.69, 9.17) is 11.6 Å². The first kappa shape index (κ1) is 9.44. The third-order valence-corrected chi connectivity index (χ3v) is 1.10. The molecule has 0 atom stereocenters. The summed E-state index contributed by atoms with van der Waals surface area (Å²) in [7, 11) is 1.69. The van der Waals surface area contributed by atoms with Crippen molar-refractivity contribution in [2.75, 3.05) is 7.05 Å². The van der Waals surface area contributed by atoms with Crippen molar-refractivity contribution in [1.82, 2.24) is 0 Å². The lowest BCUT2D eigenvalue weighted by atomic mass is 10.4. The molecule has 0 aromatic heterocycles. The quantitative estimate of drug-likeness (QED) is 0.441. The lowest BCUT2D eigenvalue weighted by Gasteiger charge is -1.81. The normalized spacial score (nSPS) is 13.7. The molecule has 0 spiro atoms. The highest BCUT2D eigenvalue weighted by Crippen LogP contribution is 1.96. The van der Waals surface area contributed by atoms with E-state index in [0.29, 0.717) is 5.03 Å². The molecule has 0 heterocycles. The smallest absolute Gasteiger partial charge is 0.0584 e. The van der Waals surface area contributed by atoms with Crippen molar-refractivity contribution in [2.24, 2.45) is 4.99 Å². The highest BCUT2D eigenvalue weighted by Gasteiger charge is 1.78. The van der Waals surface area contributed by atoms with Gasteiger partial charge in [-0.2, -0.15) is 0 Å². The van der Waals surface area contributed by atoms with Gasteiger partial charge in [0.1, 0.15) is 0 Å². The second kappa shape index (κ2) is 6.56. The molecule has 0 rings (SSSR count). The van der Waals surface area contributed by atoms with Gasteiger partial charge in [-0.25, -0.2) is 0 Å². The molecule has 0 bridgehead atoms. The fourth-order valence-corrected chi connectivity index (χ4v) is 0.633. The summed E-state index contributed by atoms with van der Waals surface area (Å²) in [5.74, 6) is 0. The molecule has 0 saturated heterocycles. The molecule has 0 saturated carbocycles. The molecule has 0 aromatic carbocycles. The molecule has 0 fully saturated rings. The summed E-state index contributed by atoms with van der Waals surface area (Å²) in [6, 6.07) is 0. The number of hydrogen-bond donors (Lipinski definition) is 0. The maximum absolute atomic E-state index is 5.68. The van der Waals surface area contributed by atoms with Gasteiger partial charge < -0.3 is 0 Å². The van der Waals surface area contributed by atoms with E-state index in [0.717, 1.165) is 6.42 Å². The lowest BCUT2D eigenvalue weighted by Crippen LogP contribution is -1.70. The van der Waals surface area contributed by atoms with Crippen LogP contribution >= 0.6 is 11.6 Å². The van der Waals surface area contributed by atoms with Crippen molar-refractivity contribution in [3.05, 3.63) is 23.3 Å². The minimum absolute atomic E-state index is 0.659. The minimum Gasteiger partial charge on any atom is -0.295 e. The Hall–Kier alpha value is -0.560. The topological polar surface area (TPSA) is 12.4 Å². The van der Waals surface area contributed by atoms with Gasteiger partial charge in [0.05, 0.1) is 5.03 Å². The summed E-state index contributed by atoms with van der Waals surface area (Å²) in [5, 5.41) is 0.659. The average molecular weight is 158 g/mol. The molecule has 0 N–H and O–H groups in total. The Morgan fingerprint density at radius 1 is 1.60 bits per heavy atom. The first-order valence-corrected chi connectivity index (χ1v) is 3.63. The standard InChI is InChI=1S/C8H12ClN/c1-3-4-5-6-8(9)7-10-2/h4-7H,3H2,1-2H3/b5-4+,8-6+,10-7?. The highest BCUT2D eigenvalue weighted by molar-refractivity contribution is 6.39. The molecule has 0 unspecified atom stereocenters. The van der Waals surface area contributed by atoms with Crippen molar-refractivity contribution in [3.8, 4) is 0 Å². The molecule has 0 radical (unpaired) electrons. The van der Waals surface area contributed by atoms with Crippen molar-refractivity contribution < 1.29 is 0 Å². The predicted molar refractivity (Wildman–Crippen MR) is 47.8 cm³/mol. The van der Waals surface area contributed by atoms with E-state index in [1.54, 1.807) is 13.3 Å². The van der Waals surface area contributed by atoms with E-state index in [-0.39, 0.29) is 0 Å². The van der Waals surface area contributed by atoms with Gasteiger partial charge in [-0.3, -0.25) is 4.99 Å². The summed E-state index contributed by atoms with van der Waals surface area (Å²) in [5.41, 5.74) is 0. The van der Waals surface area contributed by atoms with Crippen LogP contribution in [0.25, 0.3) is 0 Å². The molecule has 0 aliphatic heterocycles. The van der Waals surface area contributed by atoms with Gasteiger partial charge in [-0.15, -0.1) is 0 Å². The molecule has 0 aliphatic rings. The van der Waals surface area contributed by atoms with Gasteiger partial charge in [0.15, 0.2) is 0 Å². The Labute approximate surface area is 67.1 Å². The minimum atomic E-state index is 0.659. The third kappa shape index (κ3) is 5.57. The van der Waals surface area contributed by atoms with Crippen LogP contribution in [0, 0.1) is 0 Å². The van der Waals surface area contributed by atoms with E-state index in [9.17, 15) is 0 Å². The zero-order chi connectivity index (χ0) is 7.82.